The van der Waals surface area contributed by atoms with Crippen molar-refractivity contribution in [2.24, 2.45) is 5.92 Å². The second-order valence-corrected chi connectivity index (χ2v) is 5.59. The number of nitrogens with zero attached hydrogens (tertiary/aromatic N) is 1. The van der Waals surface area contributed by atoms with Gasteiger partial charge >= 0.3 is 0 Å². The van der Waals surface area contributed by atoms with Crippen molar-refractivity contribution in [3.63, 3.8) is 0 Å². The maximum Gasteiger partial charge on any atom is 0.252 e. The third-order valence-electron chi connectivity index (χ3n) is 3.45. The van der Waals surface area contributed by atoms with Crippen molar-refractivity contribution in [2.75, 3.05) is 13.1 Å². The van der Waals surface area contributed by atoms with E-state index in [1.807, 2.05) is 0 Å². The highest BCUT2D eigenvalue weighted by molar-refractivity contribution is 6.07. The topological polar surface area (TPSA) is 78.5 Å². The number of carbonyl (C=O) groups excluding carboxylic acids is 3. The first kappa shape index (κ1) is 14.0. The SMILES string of the molecule is CC(C)N1C(=O)CC(NC(=O)CNCC2CC2)C1=O. The Morgan fingerprint density at radius 2 is 2.05 bits per heavy atom. The number of nitrogens with one attached hydrogen (secondary N) is 2. The van der Waals surface area contributed by atoms with E-state index < -0.39 is 6.04 Å². The minimum absolute atomic E-state index is 0.0748. The van der Waals surface area contributed by atoms with Crippen molar-refractivity contribution < 1.29 is 14.4 Å². The van der Waals surface area contributed by atoms with E-state index in [1.165, 1.54) is 17.7 Å². The summed E-state index contributed by atoms with van der Waals surface area (Å²) in [6.07, 6.45) is 2.53. The number of carbonyl (C=O) groups is 3. The molecule has 0 radical (unpaired) electrons. The summed E-state index contributed by atoms with van der Waals surface area (Å²) in [6, 6.07) is -0.847. The molecule has 2 N–H and O–H groups in total. The van der Waals surface area contributed by atoms with Gasteiger partial charge in [-0.1, -0.05) is 0 Å². The van der Waals surface area contributed by atoms with E-state index in [9.17, 15) is 14.4 Å². The molecule has 0 aromatic heterocycles. The highest BCUT2D eigenvalue weighted by Crippen LogP contribution is 2.27. The Bertz CT molecular complexity index is 391. The Balaban J connectivity index is 1.77. The molecule has 19 heavy (non-hydrogen) atoms. The molecule has 1 saturated carbocycles. The highest BCUT2D eigenvalue weighted by atomic mass is 16.2. The van der Waals surface area contributed by atoms with Crippen LogP contribution >= 0.6 is 0 Å². The number of amides is 3. The van der Waals surface area contributed by atoms with E-state index in [1.54, 1.807) is 13.8 Å². The number of rotatable bonds is 6. The summed E-state index contributed by atoms with van der Waals surface area (Å²) < 4.78 is 0. The van der Waals surface area contributed by atoms with Crippen molar-refractivity contribution in [2.45, 2.75) is 45.2 Å². The van der Waals surface area contributed by atoms with Crippen molar-refractivity contribution >= 4 is 17.7 Å². The van der Waals surface area contributed by atoms with Crippen molar-refractivity contribution in [3.05, 3.63) is 0 Å². The summed E-state index contributed by atoms with van der Waals surface area (Å²) >= 11 is 0. The summed E-state index contributed by atoms with van der Waals surface area (Å²) in [5.74, 6) is -0.0249. The Morgan fingerprint density at radius 3 is 2.58 bits per heavy atom. The van der Waals surface area contributed by atoms with Crippen molar-refractivity contribution in [1.29, 1.82) is 0 Å². The van der Waals surface area contributed by atoms with Crippen LogP contribution in [0.4, 0.5) is 0 Å². The van der Waals surface area contributed by atoms with Gasteiger partial charge in [0, 0.05) is 6.04 Å². The second kappa shape index (κ2) is 5.69. The van der Waals surface area contributed by atoms with E-state index in [-0.39, 0.29) is 36.7 Å². The van der Waals surface area contributed by atoms with Crippen LogP contribution in [-0.2, 0) is 14.4 Å². The molecule has 6 nitrogen and oxygen atoms in total. The first-order valence-electron chi connectivity index (χ1n) is 6.85. The summed E-state index contributed by atoms with van der Waals surface area (Å²) in [4.78, 5) is 36.5. The van der Waals surface area contributed by atoms with Crippen LogP contribution < -0.4 is 10.6 Å². The van der Waals surface area contributed by atoms with Gasteiger partial charge < -0.3 is 10.6 Å². The second-order valence-electron chi connectivity index (χ2n) is 5.59. The molecular weight excluding hydrogens is 246 g/mol. The largest absolute Gasteiger partial charge is 0.343 e. The summed E-state index contributed by atoms with van der Waals surface area (Å²) in [5.41, 5.74) is 0. The molecular formula is C13H21N3O3. The summed E-state index contributed by atoms with van der Waals surface area (Å²) in [7, 11) is 0. The van der Waals surface area contributed by atoms with Gasteiger partial charge in [-0.05, 0) is 39.2 Å². The molecule has 2 rings (SSSR count). The molecule has 1 atom stereocenters. The predicted molar refractivity (Wildman–Crippen MR) is 69.1 cm³/mol. The fourth-order valence-corrected chi connectivity index (χ4v) is 2.26. The molecule has 3 amide bonds. The zero-order valence-electron chi connectivity index (χ0n) is 11.4. The van der Waals surface area contributed by atoms with Crippen LogP contribution in [0.25, 0.3) is 0 Å². The van der Waals surface area contributed by atoms with Gasteiger partial charge in [0.25, 0.3) is 5.91 Å². The molecule has 1 unspecified atom stereocenters. The fourth-order valence-electron chi connectivity index (χ4n) is 2.26. The van der Waals surface area contributed by atoms with E-state index in [0.29, 0.717) is 5.92 Å². The maximum atomic E-state index is 12.0. The molecule has 6 heteroatoms. The average Bonchev–Trinajstić information content (AvgIpc) is 3.07. The van der Waals surface area contributed by atoms with Crippen LogP contribution in [0.5, 0.6) is 0 Å². The first-order chi connectivity index (χ1) is 8.99. The van der Waals surface area contributed by atoms with Gasteiger partial charge in [0.1, 0.15) is 6.04 Å². The monoisotopic (exact) mass is 267 g/mol. The first-order valence-corrected chi connectivity index (χ1v) is 6.85. The lowest BCUT2D eigenvalue weighted by atomic mass is 10.2. The lowest BCUT2D eigenvalue weighted by Crippen LogP contribution is -2.46. The minimum Gasteiger partial charge on any atom is -0.343 e. The molecule has 106 valence electrons. The Labute approximate surface area is 112 Å². The summed E-state index contributed by atoms with van der Waals surface area (Å²) in [6.45, 7) is 4.63. The lowest BCUT2D eigenvalue weighted by molar-refractivity contribution is -0.141. The lowest BCUT2D eigenvalue weighted by Gasteiger charge is -2.19. The fraction of sp³-hybridized carbons (Fsp3) is 0.769. The Morgan fingerprint density at radius 1 is 1.37 bits per heavy atom. The predicted octanol–water partition coefficient (Wildman–Crippen LogP) is -0.362. The van der Waals surface area contributed by atoms with E-state index in [0.717, 1.165) is 6.54 Å². The van der Waals surface area contributed by atoms with Crippen LogP contribution in [0.3, 0.4) is 0 Å². The third-order valence-corrected chi connectivity index (χ3v) is 3.45. The molecule has 1 aliphatic carbocycles. The quantitative estimate of drug-likeness (QED) is 0.644. The van der Waals surface area contributed by atoms with E-state index in [4.69, 9.17) is 0 Å². The van der Waals surface area contributed by atoms with Crippen LogP contribution in [0.1, 0.15) is 33.1 Å². The van der Waals surface area contributed by atoms with E-state index >= 15 is 0 Å². The molecule has 2 fully saturated rings. The van der Waals surface area contributed by atoms with Crippen LogP contribution in [-0.4, -0.2) is 47.8 Å². The van der Waals surface area contributed by atoms with Crippen LogP contribution in [0, 0.1) is 5.92 Å². The maximum absolute atomic E-state index is 12.0. The van der Waals surface area contributed by atoms with Gasteiger partial charge in [-0.2, -0.15) is 0 Å². The molecule has 0 spiro atoms. The summed E-state index contributed by atoms with van der Waals surface area (Å²) in [5, 5.41) is 5.68. The molecule has 0 bridgehead atoms. The van der Waals surface area contributed by atoms with Gasteiger partial charge in [-0.3, -0.25) is 19.3 Å². The third kappa shape index (κ3) is 3.53. The van der Waals surface area contributed by atoms with Gasteiger partial charge in [0.2, 0.25) is 11.8 Å². The minimum atomic E-state index is -0.690. The van der Waals surface area contributed by atoms with Gasteiger partial charge in [0.15, 0.2) is 0 Å². The molecule has 1 saturated heterocycles. The Hall–Kier alpha value is -1.43. The Kier molecular flexibility index (Phi) is 4.19. The normalized spacial score (nSPS) is 23.3. The number of hydrogen-bond acceptors (Lipinski definition) is 4. The zero-order chi connectivity index (χ0) is 14.0. The average molecular weight is 267 g/mol. The van der Waals surface area contributed by atoms with Crippen LogP contribution in [0.2, 0.25) is 0 Å². The molecule has 1 heterocycles. The van der Waals surface area contributed by atoms with Crippen molar-refractivity contribution in [3.8, 4) is 0 Å². The van der Waals surface area contributed by atoms with E-state index in [2.05, 4.69) is 10.6 Å². The number of hydrogen-bond donors (Lipinski definition) is 2. The molecule has 0 aromatic carbocycles. The smallest absolute Gasteiger partial charge is 0.252 e. The zero-order valence-corrected chi connectivity index (χ0v) is 11.4. The van der Waals surface area contributed by atoms with Gasteiger partial charge in [-0.25, -0.2) is 0 Å². The van der Waals surface area contributed by atoms with Crippen molar-refractivity contribution in [1.82, 2.24) is 15.5 Å². The molecule has 1 aliphatic heterocycles. The van der Waals surface area contributed by atoms with Crippen LogP contribution in [0.15, 0.2) is 0 Å². The van der Waals surface area contributed by atoms with Gasteiger partial charge in [0.05, 0.1) is 13.0 Å². The standard InChI is InChI=1S/C13H21N3O3/c1-8(2)16-12(18)5-10(13(16)19)15-11(17)7-14-6-9-3-4-9/h8-10,14H,3-7H2,1-2H3,(H,15,17). The number of imide groups is 1. The number of likely N-dealkylation sites (tertiary alicyclic amines) is 1. The molecule has 2 aliphatic rings. The van der Waals surface area contributed by atoms with Gasteiger partial charge in [-0.15, -0.1) is 0 Å². The molecule has 0 aromatic rings. The highest BCUT2D eigenvalue weighted by Gasteiger charge is 2.40.